The molecule has 0 unspecified atom stereocenters. The molecule has 14 N–H and O–H groups in total. The number of benzene rings is 2. The van der Waals surface area contributed by atoms with Gasteiger partial charge in [-0.3, -0.25) is 38.6 Å². The van der Waals surface area contributed by atoms with Gasteiger partial charge >= 0.3 is 5.97 Å². The molecule has 0 aliphatic rings. The average Bonchev–Trinajstić information content (AvgIpc) is 3.52. The van der Waals surface area contributed by atoms with E-state index in [0.717, 1.165) is 10.9 Å². The van der Waals surface area contributed by atoms with Crippen LogP contribution in [0.5, 0.6) is 0 Å². The van der Waals surface area contributed by atoms with E-state index in [1.165, 1.54) is 0 Å². The number of carboxylic acids is 1. The number of amides is 6. The van der Waals surface area contributed by atoms with Crippen LogP contribution >= 0.6 is 0 Å². The van der Waals surface area contributed by atoms with Gasteiger partial charge in [-0.15, -0.1) is 0 Å². The summed E-state index contributed by atoms with van der Waals surface area (Å²) in [5.41, 5.74) is 18.3. The average molecular weight is 737 g/mol. The Morgan fingerprint density at radius 1 is 0.755 bits per heavy atom. The third-order valence-electron chi connectivity index (χ3n) is 7.83. The molecule has 1 aromatic heterocycles. The van der Waals surface area contributed by atoms with Gasteiger partial charge in [0.05, 0.1) is 26.0 Å². The number of nitrogens with zero attached hydrogens (tertiary/aromatic N) is 1. The lowest BCUT2D eigenvalue weighted by molar-refractivity contribution is -0.141. The van der Waals surface area contributed by atoms with Crippen molar-refractivity contribution < 1.29 is 43.8 Å². The molecule has 53 heavy (non-hydrogen) atoms. The second-order valence-corrected chi connectivity index (χ2v) is 11.9. The number of carboxylic acid groups (broad SMARTS) is 1. The fourth-order valence-corrected chi connectivity index (χ4v) is 5.20. The summed E-state index contributed by atoms with van der Waals surface area (Å²) >= 11 is 0. The normalized spacial score (nSPS) is 13.0. The maximum absolute atomic E-state index is 13.2. The molecule has 3 aromatic rings. The minimum absolute atomic E-state index is 0.0288. The van der Waals surface area contributed by atoms with E-state index in [-0.39, 0.29) is 38.2 Å². The predicted octanol–water partition coefficient (Wildman–Crippen LogP) is -2.99. The zero-order valence-electron chi connectivity index (χ0n) is 28.7. The lowest BCUT2D eigenvalue weighted by atomic mass is 10.0. The Hall–Kier alpha value is -6.50. The highest BCUT2D eigenvalue weighted by atomic mass is 16.4. The molecule has 0 saturated heterocycles. The summed E-state index contributed by atoms with van der Waals surface area (Å²) in [6.07, 6.45) is 0.824. The Kier molecular flexibility index (Phi) is 15.7. The third kappa shape index (κ3) is 13.6. The highest BCUT2D eigenvalue weighted by Crippen LogP contribution is 2.19. The Morgan fingerprint density at radius 3 is 2.06 bits per heavy atom. The van der Waals surface area contributed by atoms with Crippen molar-refractivity contribution in [1.82, 2.24) is 31.6 Å². The Morgan fingerprint density at radius 2 is 1.40 bits per heavy atom. The fourth-order valence-electron chi connectivity index (χ4n) is 5.20. The van der Waals surface area contributed by atoms with Gasteiger partial charge in [0.15, 0.2) is 5.96 Å². The number of carbonyl (C=O) groups is 7. The van der Waals surface area contributed by atoms with Crippen molar-refractivity contribution in [3.8, 4) is 0 Å². The summed E-state index contributed by atoms with van der Waals surface area (Å²) in [5.74, 6) is -6.84. The van der Waals surface area contributed by atoms with E-state index in [4.69, 9.17) is 17.2 Å². The topological polar surface area (TPSA) is 326 Å². The number of hydrogen-bond acceptors (Lipinski definition) is 9. The second-order valence-electron chi connectivity index (χ2n) is 11.9. The van der Waals surface area contributed by atoms with Crippen molar-refractivity contribution in [2.75, 3.05) is 19.7 Å². The summed E-state index contributed by atoms with van der Waals surface area (Å²) in [5, 5.41) is 31.8. The molecule has 0 spiro atoms. The fraction of sp³-hybridized carbons (Fsp3) is 0.353. The molecular weight excluding hydrogens is 692 g/mol. The number of primary amides is 1. The van der Waals surface area contributed by atoms with Crippen LogP contribution in [-0.2, 0) is 46.4 Å². The maximum Gasteiger partial charge on any atom is 0.305 e. The molecule has 0 saturated carbocycles. The number of nitrogens with one attached hydrogen (secondary N) is 6. The van der Waals surface area contributed by atoms with Crippen LogP contribution in [0.15, 0.2) is 65.8 Å². The van der Waals surface area contributed by atoms with Gasteiger partial charge < -0.3 is 59.0 Å². The van der Waals surface area contributed by atoms with Gasteiger partial charge in [-0.05, 0) is 30.0 Å². The number of guanidine groups is 1. The highest BCUT2D eigenvalue weighted by molar-refractivity contribution is 5.96. The van der Waals surface area contributed by atoms with Crippen LogP contribution in [0.2, 0.25) is 0 Å². The van der Waals surface area contributed by atoms with Crippen molar-refractivity contribution >= 4 is 58.3 Å². The van der Waals surface area contributed by atoms with Gasteiger partial charge in [0.25, 0.3) is 0 Å². The smallest absolute Gasteiger partial charge is 0.305 e. The summed E-state index contributed by atoms with van der Waals surface area (Å²) in [6, 6.07) is 10.2. The largest absolute Gasteiger partial charge is 0.481 e. The maximum atomic E-state index is 13.2. The van der Waals surface area contributed by atoms with Crippen LogP contribution in [0, 0.1) is 0 Å². The highest BCUT2D eigenvalue weighted by Gasteiger charge is 2.30. The number of H-pyrrole nitrogens is 1. The zero-order chi connectivity index (χ0) is 38.9. The van der Waals surface area contributed by atoms with E-state index in [2.05, 4.69) is 36.6 Å². The lowest BCUT2D eigenvalue weighted by Crippen LogP contribution is -2.57. The van der Waals surface area contributed by atoms with E-state index >= 15 is 0 Å². The van der Waals surface area contributed by atoms with Gasteiger partial charge in [0.2, 0.25) is 35.4 Å². The van der Waals surface area contributed by atoms with Crippen LogP contribution in [0.1, 0.15) is 30.4 Å². The van der Waals surface area contributed by atoms with E-state index in [9.17, 15) is 43.8 Å². The molecule has 1 heterocycles. The number of fused-ring (bicyclic) bond motifs is 1. The molecule has 19 heteroatoms. The lowest BCUT2D eigenvalue weighted by Gasteiger charge is -2.23. The Labute approximate surface area is 303 Å². The van der Waals surface area contributed by atoms with Crippen molar-refractivity contribution in [3.05, 3.63) is 71.9 Å². The number of hydrogen-bond donors (Lipinski definition) is 11. The second kappa shape index (κ2) is 20.4. The van der Waals surface area contributed by atoms with Crippen LogP contribution < -0.4 is 43.8 Å². The Balaban J connectivity index is 1.63. The molecule has 284 valence electrons. The van der Waals surface area contributed by atoms with Gasteiger partial charge in [-0.25, -0.2) is 0 Å². The molecule has 0 radical (unpaired) electrons. The first-order chi connectivity index (χ1) is 25.3. The molecule has 3 rings (SSSR count). The summed E-state index contributed by atoms with van der Waals surface area (Å²) in [7, 11) is 0. The molecule has 19 nitrogen and oxygen atoms in total. The van der Waals surface area contributed by atoms with Crippen LogP contribution in [-0.4, -0.2) is 106 Å². The van der Waals surface area contributed by atoms with Crippen molar-refractivity contribution in [2.45, 2.75) is 56.3 Å². The molecule has 6 amide bonds. The molecule has 0 aliphatic carbocycles. The quantitative estimate of drug-likeness (QED) is 0.0298. The van der Waals surface area contributed by atoms with Crippen molar-refractivity contribution in [3.63, 3.8) is 0 Å². The number of aliphatic carboxylic acids is 1. The third-order valence-corrected chi connectivity index (χ3v) is 7.83. The summed E-state index contributed by atoms with van der Waals surface area (Å²) in [6.45, 7) is -1.46. The van der Waals surface area contributed by atoms with E-state index in [1.54, 1.807) is 48.7 Å². The van der Waals surface area contributed by atoms with Crippen molar-refractivity contribution in [2.24, 2.45) is 22.2 Å². The molecule has 0 bridgehead atoms. The number of aliphatic hydroxyl groups excluding tert-OH is 1. The predicted molar refractivity (Wildman–Crippen MR) is 191 cm³/mol. The first-order valence-corrected chi connectivity index (χ1v) is 16.5. The number of rotatable bonds is 21. The number of aliphatic imine (C=N–C) groups is 1. The number of carbonyl (C=O) groups excluding carboxylic acids is 6. The molecular formula is C34H44N10O9. The number of aromatic nitrogens is 1. The molecule has 0 aliphatic heterocycles. The first-order valence-electron chi connectivity index (χ1n) is 16.5. The SMILES string of the molecule is NC(=O)[C@H](Cc1c[nH]c2ccccc12)NC(=O)[C@H](CC(=O)O)NC(=O)CNC(=O)[C@H](CCCN=C(N)N)NC(=O)[C@H](CO)NC(=O)Cc1ccccc1. The van der Waals surface area contributed by atoms with Crippen molar-refractivity contribution in [1.29, 1.82) is 0 Å². The van der Waals surface area contributed by atoms with Crippen LogP contribution in [0.4, 0.5) is 0 Å². The van der Waals surface area contributed by atoms with Gasteiger partial charge in [0.1, 0.15) is 24.2 Å². The molecule has 0 fully saturated rings. The van der Waals surface area contributed by atoms with Crippen LogP contribution in [0.3, 0.4) is 0 Å². The standard InChI is InChI=1S/C34H44N10O9/c35-30(50)24(14-20-16-39-22-10-5-4-9-21(20)22)44-32(52)25(15-29(48)49)41-28(47)17-40-31(51)23(11-6-12-38-34(36)37)43-33(53)26(18-45)42-27(46)13-19-7-2-1-3-8-19/h1-5,7-10,16,23-26,39,45H,6,11-15,17-18H2,(H2,35,50)(H,40,51)(H,41,47)(H,42,46)(H,43,53)(H,44,52)(H,48,49)(H4,36,37,38)/t23-,24-,25-,26-/m0/s1. The van der Waals surface area contributed by atoms with E-state index < -0.39 is 85.2 Å². The van der Waals surface area contributed by atoms with Gasteiger partial charge in [0, 0.05) is 30.1 Å². The van der Waals surface area contributed by atoms with Gasteiger partial charge in [-0.2, -0.15) is 0 Å². The minimum Gasteiger partial charge on any atom is -0.481 e. The van der Waals surface area contributed by atoms with Crippen LogP contribution in [0.25, 0.3) is 10.9 Å². The van der Waals surface area contributed by atoms with Gasteiger partial charge in [-0.1, -0.05) is 48.5 Å². The molecule has 4 atom stereocenters. The first kappa shape index (κ1) is 40.9. The molecule has 2 aromatic carbocycles. The number of aliphatic hydroxyl groups is 1. The minimum atomic E-state index is -1.67. The number of para-hydroxylation sites is 1. The summed E-state index contributed by atoms with van der Waals surface area (Å²) < 4.78 is 0. The summed E-state index contributed by atoms with van der Waals surface area (Å²) in [4.78, 5) is 95.4. The Bertz CT molecular complexity index is 1790. The van der Waals surface area contributed by atoms with E-state index in [0.29, 0.717) is 11.1 Å². The van der Waals surface area contributed by atoms with E-state index in [1.807, 2.05) is 12.1 Å². The monoisotopic (exact) mass is 736 g/mol. The number of aromatic amines is 1. The number of nitrogens with two attached hydrogens (primary N) is 3. The zero-order valence-corrected chi connectivity index (χ0v) is 28.7.